The molecule has 0 saturated carbocycles. The monoisotopic (exact) mass is 2440 g/mol. The normalized spacial score (nSPS) is 10.9. The van der Waals surface area contributed by atoms with Crippen LogP contribution in [0.15, 0.2) is 335 Å². The number of methoxy groups -OCH3 is 1. The third-order valence-corrected chi connectivity index (χ3v) is 23.4. The van der Waals surface area contributed by atoms with E-state index in [1.54, 1.807) is 128 Å². The molecule has 0 fully saturated rings. The van der Waals surface area contributed by atoms with Crippen LogP contribution in [0.2, 0.25) is 10.0 Å². The summed E-state index contributed by atoms with van der Waals surface area (Å²) in [6, 6.07) is 93.9. The summed E-state index contributed by atoms with van der Waals surface area (Å²) in [7, 11) is 1.61. The van der Waals surface area contributed by atoms with Crippen molar-refractivity contribution in [3.05, 3.63) is 422 Å². The minimum Gasteiger partial charge on any atom is -0.533 e. The van der Waals surface area contributed by atoms with E-state index in [2.05, 4.69) is 199 Å². The molecule has 0 aliphatic heterocycles. The molecule has 9 aromatic carbocycles. The molecule has 0 spiro atoms. The Morgan fingerprint density at radius 2 is 0.746 bits per heavy atom. The molecule has 21 rings (SSSR count). The molecule has 0 bridgehead atoms. The first-order valence-electron chi connectivity index (χ1n) is 44.7. The summed E-state index contributed by atoms with van der Waals surface area (Å²) < 4.78 is 16.1. The van der Waals surface area contributed by atoms with Crippen molar-refractivity contribution in [3.63, 3.8) is 0 Å². The van der Waals surface area contributed by atoms with E-state index in [1.165, 1.54) is 0 Å². The Labute approximate surface area is 874 Å². The number of ether oxygens (including phenoxy) is 1. The summed E-state index contributed by atoms with van der Waals surface area (Å²) in [5.74, 6) is 8.30. The Hall–Kier alpha value is -15.3. The summed E-state index contributed by atoms with van der Waals surface area (Å²) >= 11 is 13.3. The number of rotatable bonds is 25. The molecular weight excluding hydrogens is 2360 g/mol. The molecular formula is C110H87Cl2N25O2Pt3. The van der Waals surface area contributed by atoms with Gasteiger partial charge in [0, 0.05) is 90.9 Å². The predicted octanol–water partition coefficient (Wildman–Crippen LogP) is 23.6. The average molecular weight is 2450 g/mol. The largest absolute Gasteiger partial charge is 2.00 e. The van der Waals surface area contributed by atoms with Crippen LogP contribution in [0.3, 0.4) is 0 Å². The molecule has 0 saturated heterocycles. The van der Waals surface area contributed by atoms with Crippen molar-refractivity contribution in [1.29, 1.82) is 0 Å². The number of benzene rings is 9. The van der Waals surface area contributed by atoms with Crippen molar-refractivity contribution in [3.8, 4) is 108 Å². The first-order valence-corrected chi connectivity index (χ1v) is 45.4. The zero-order chi connectivity index (χ0) is 95.6. The first-order chi connectivity index (χ1) is 68.0. The van der Waals surface area contributed by atoms with Gasteiger partial charge in [0.15, 0.2) is 11.9 Å². The van der Waals surface area contributed by atoms with Gasteiger partial charge in [-0.1, -0.05) is 331 Å². The Morgan fingerprint density at radius 3 is 1.17 bits per heavy atom. The molecule has 1 N–H and O–H groups in total. The number of hydrogen-bond donors (Lipinski definition) is 1. The fraction of sp³-hybridized carbons (Fsp3) is 0.109. The molecule has 0 atom stereocenters. The minimum atomic E-state index is -0.138. The van der Waals surface area contributed by atoms with E-state index in [4.69, 9.17) is 87.7 Å². The van der Waals surface area contributed by atoms with Crippen LogP contribution in [0, 0.1) is 65.1 Å². The fourth-order valence-corrected chi connectivity index (χ4v) is 17.1. The van der Waals surface area contributed by atoms with Gasteiger partial charge in [-0.3, -0.25) is 39.7 Å². The summed E-state index contributed by atoms with van der Waals surface area (Å²) in [4.78, 5) is 82.5. The van der Waals surface area contributed by atoms with Gasteiger partial charge in [-0.05, 0) is 130 Å². The summed E-state index contributed by atoms with van der Waals surface area (Å²) in [6.45, 7) is 16.0. The van der Waals surface area contributed by atoms with Gasteiger partial charge in [0.05, 0.1) is 64.1 Å². The standard InChI is InChI=1S/C56H37N9.C30H31N7O2.C24H19Cl2N9.3Pt/c1-7-20-40(21-8-1)46-32-19-33-47(41-22-9-2-10-23-41)54(46)65(48-34-36-57-55(61-48)63-38-59-50(42-24-11-3-12-25-42)52(63)44-28-15-5-16-29-44)49-35-37-58-56(62-49)64-39-60-51(43-26-13-4-14-27-43)53(64)45-30-17-6-18-31-45;1-20(2)23-10-6-11-24(21(3)4)28(23)37(29-31-15-13-25(33-29)35-17-7-9-22(35)19-38)30-32-16-14-26(34-30)36-18-8-12-27(36)39-5;1-14-12-33(16(3)29-14)20-8-27-10-22(31-20)35(24-18(25)6-5-7-19(24)26)23-11-28-9-21(32-23)34-13-15(2)30-17(34)4;;;/h1-37H;6-16,20-21,38H,19H2,1-5H3;5-11H,1-4H3;;;/q3*-2;3*+2. The molecule has 27 nitrogen and oxygen atoms in total. The van der Waals surface area contributed by atoms with E-state index in [-0.39, 0.29) is 81.6 Å². The van der Waals surface area contributed by atoms with Gasteiger partial charge in [0.1, 0.15) is 23.3 Å². The van der Waals surface area contributed by atoms with Crippen molar-refractivity contribution in [2.75, 3.05) is 21.8 Å². The van der Waals surface area contributed by atoms with Gasteiger partial charge in [0.25, 0.3) is 0 Å². The maximum atomic E-state index is 9.83. The molecule has 0 aliphatic carbocycles. The van der Waals surface area contributed by atoms with Crippen LogP contribution < -0.4 is 19.4 Å². The van der Waals surface area contributed by atoms with Crippen LogP contribution in [0.4, 0.5) is 52.2 Å². The van der Waals surface area contributed by atoms with E-state index in [9.17, 15) is 5.11 Å². The van der Waals surface area contributed by atoms with Gasteiger partial charge < -0.3 is 57.2 Å². The molecule has 0 aliphatic rings. The second-order valence-electron chi connectivity index (χ2n) is 32.6. The number of imidazole rings is 4. The van der Waals surface area contributed by atoms with Gasteiger partial charge in [-0.2, -0.15) is 6.07 Å². The summed E-state index contributed by atoms with van der Waals surface area (Å²) in [5.41, 5.74) is 17.7. The molecule has 12 aromatic heterocycles. The number of nitrogens with zero attached hydrogens (tertiary/aromatic N) is 25. The smallest absolute Gasteiger partial charge is 0.533 e. The maximum Gasteiger partial charge on any atom is 2.00 e. The zero-order valence-electron chi connectivity index (χ0n) is 77.9. The summed E-state index contributed by atoms with van der Waals surface area (Å²) in [5, 5.41) is 10.7. The van der Waals surface area contributed by atoms with Gasteiger partial charge in [-0.25, -0.2) is 34.8 Å². The second-order valence-corrected chi connectivity index (χ2v) is 33.4. The van der Waals surface area contributed by atoms with Gasteiger partial charge >= 0.3 is 63.2 Å². The van der Waals surface area contributed by atoms with Crippen LogP contribution in [0.1, 0.15) is 79.4 Å². The van der Waals surface area contributed by atoms with E-state index >= 15 is 0 Å². The number of aliphatic hydroxyl groups excluding tert-OH is 1. The van der Waals surface area contributed by atoms with E-state index in [1.807, 2.05) is 169 Å². The van der Waals surface area contributed by atoms with Gasteiger partial charge in [-0.15, -0.1) is 18.2 Å². The third-order valence-electron chi connectivity index (χ3n) is 22.8. The molecule has 708 valence electrons. The number of para-hydroxylation sites is 3. The van der Waals surface area contributed by atoms with E-state index in [0.717, 1.165) is 113 Å². The average Bonchev–Trinajstić information content (AvgIpc) is 1.17. The quantitative estimate of drug-likeness (QED) is 0.0521. The van der Waals surface area contributed by atoms with Crippen molar-refractivity contribution < 1.29 is 73.0 Å². The number of anilines is 9. The zero-order valence-corrected chi connectivity index (χ0v) is 86.2. The number of aromatic nitrogens is 22. The van der Waals surface area contributed by atoms with E-state index < -0.39 is 0 Å². The topological polar surface area (TPSA) is 275 Å². The molecule has 142 heavy (non-hydrogen) atoms. The molecule has 21 aromatic rings. The number of aryl methyl sites for hydroxylation is 4. The first kappa shape index (κ1) is 99.7. The van der Waals surface area contributed by atoms with E-state index in [0.29, 0.717) is 97.6 Å². The van der Waals surface area contributed by atoms with Crippen molar-refractivity contribution in [2.24, 2.45) is 0 Å². The van der Waals surface area contributed by atoms with Crippen molar-refractivity contribution in [1.82, 2.24) is 107 Å². The summed E-state index contributed by atoms with van der Waals surface area (Å²) in [6.07, 6.45) is 32.5. The number of halogens is 2. The predicted molar refractivity (Wildman–Crippen MR) is 539 cm³/mol. The van der Waals surface area contributed by atoms with Crippen LogP contribution in [0.5, 0.6) is 5.88 Å². The maximum absolute atomic E-state index is 9.83. The Morgan fingerprint density at radius 1 is 0.352 bits per heavy atom. The SMILES string of the molecule is COc1cc[c-]n1-c1ccnc(N(c2nccc(-n3[c-]ccc3CO)n2)c2c(C(C)C)cccc2C(C)C)n1.Cc1[c-]n(-c2cncc(N(c3cncc(-n4[c-]c(C)nc4C)n3)c3c(Cl)cccc3Cl)n2)c(C)n1.[Pt+2].[Pt+2].[Pt+2].[c-]1nc(-c2ccccc2)c(-c2ccccc2)n1-c1nccc(N(c2ccnc(-n3[c-]nc(-c4ccccc4)c3-c3ccccc3)n2)c2c(-c3ccccc3)cccc2-c2ccccc2)n1. The van der Waals surface area contributed by atoms with Crippen molar-refractivity contribution in [2.45, 2.75) is 73.8 Å². The Bertz CT molecular complexity index is 7440. The Balaban J connectivity index is 0.000000162. The molecule has 0 unspecified atom stereocenters. The molecule has 0 radical (unpaired) electrons. The van der Waals surface area contributed by atoms with Crippen LogP contribution in [-0.4, -0.2) is 119 Å². The fourth-order valence-electron chi connectivity index (χ4n) is 16.5. The molecule has 32 heteroatoms. The minimum absolute atomic E-state index is 0. The van der Waals surface area contributed by atoms with Crippen LogP contribution in [-0.2, 0) is 69.8 Å². The van der Waals surface area contributed by atoms with Crippen LogP contribution in [0.25, 0.3) is 102 Å². The van der Waals surface area contributed by atoms with Crippen molar-refractivity contribution >= 4 is 75.4 Å². The molecule has 0 amide bonds. The molecule has 12 heterocycles. The number of aliphatic hydroxyl groups is 1. The van der Waals surface area contributed by atoms with Crippen LogP contribution >= 0.6 is 23.2 Å². The van der Waals surface area contributed by atoms with Gasteiger partial charge in [0.2, 0.25) is 11.9 Å². The Kier molecular flexibility index (Phi) is 31.8. The third kappa shape index (κ3) is 21.1. The number of hydrogen-bond acceptors (Lipinski definition) is 21. The second kappa shape index (κ2) is 45.3.